The molecule has 0 radical (unpaired) electrons. The number of nitrogens with zero attached hydrogens (tertiary/aromatic N) is 3. The van der Waals surface area contributed by atoms with Gasteiger partial charge in [-0.25, -0.2) is 4.79 Å². The molecule has 1 aliphatic heterocycles. The van der Waals surface area contributed by atoms with Crippen LogP contribution in [0.2, 0.25) is 0 Å². The van der Waals surface area contributed by atoms with Gasteiger partial charge in [0.05, 0.1) is 12.2 Å². The fourth-order valence-electron chi connectivity index (χ4n) is 5.32. The Bertz CT molecular complexity index is 1220. The van der Waals surface area contributed by atoms with Crippen LogP contribution in [-0.4, -0.2) is 27.8 Å². The van der Waals surface area contributed by atoms with Crippen LogP contribution in [0.15, 0.2) is 60.9 Å². The smallest absolute Gasteiger partial charge is 0.407 e. The molecule has 1 fully saturated rings. The van der Waals surface area contributed by atoms with Gasteiger partial charge in [-0.1, -0.05) is 43.3 Å². The molecule has 1 aromatic heterocycles. The number of aromatic nitrogens is 2. The first-order chi connectivity index (χ1) is 17.0. The van der Waals surface area contributed by atoms with Crippen LogP contribution in [0.1, 0.15) is 50.8 Å². The second-order valence-corrected chi connectivity index (χ2v) is 9.62. The highest BCUT2D eigenvalue weighted by molar-refractivity contribution is 5.94. The van der Waals surface area contributed by atoms with Crippen LogP contribution in [0.25, 0.3) is 11.1 Å². The molecular weight excluding hydrogens is 440 g/mol. The van der Waals surface area contributed by atoms with Gasteiger partial charge in [-0.2, -0.15) is 5.10 Å². The van der Waals surface area contributed by atoms with Crippen molar-refractivity contribution in [3.05, 3.63) is 72.1 Å². The van der Waals surface area contributed by atoms with Crippen molar-refractivity contribution < 1.29 is 14.3 Å². The maximum atomic E-state index is 12.9. The van der Waals surface area contributed by atoms with E-state index in [0.29, 0.717) is 5.92 Å². The summed E-state index contributed by atoms with van der Waals surface area (Å²) in [6.45, 7) is 6.82. The second kappa shape index (κ2) is 9.56. The molecule has 35 heavy (non-hydrogen) atoms. The summed E-state index contributed by atoms with van der Waals surface area (Å²) < 4.78 is 7.46. The number of amides is 2. The van der Waals surface area contributed by atoms with Crippen molar-refractivity contribution in [2.45, 2.75) is 58.8 Å². The zero-order valence-electron chi connectivity index (χ0n) is 20.5. The zero-order chi connectivity index (χ0) is 24.5. The molecule has 5 rings (SSSR count). The van der Waals surface area contributed by atoms with E-state index >= 15 is 0 Å². The molecule has 182 valence electrons. The third-order valence-electron chi connectivity index (χ3n) is 7.21. The van der Waals surface area contributed by atoms with E-state index in [9.17, 15) is 9.59 Å². The summed E-state index contributed by atoms with van der Waals surface area (Å²) in [4.78, 5) is 27.7. The number of carbonyl (C=O) groups excluding carboxylic acids is 2. The van der Waals surface area contributed by atoms with E-state index in [-0.39, 0.29) is 30.5 Å². The maximum Gasteiger partial charge on any atom is 0.407 e. The summed E-state index contributed by atoms with van der Waals surface area (Å²) in [6.07, 6.45) is 5.62. The lowest BCUT2D eigenvalue weighted by Crippen LogP contribution is -2.53. The first kappa shape index (κ1) is 23.1. The van der Waals surface area contributed by atoms with E-state index < -0.39 is 6.09 Å². The van der Waals surface area contributed by atoms with Gasteiger partial charge in [0.15, 0.2) is 0 Å². The third-order valence-corrected chi connectivity index (χ3v) is 7.21. The Balaban J connectivity index is 1.48. The molecule has 3 atom stereocenters. The molecule has 1 aliphatic carbocycles. The number of hydrogen-bond acceptors (Lipinski definition) is 4. The van der Waals surface area contributed by atoms with Crippen LogP contribution in [0.3, 0.4) is 0 Å². The number of alkyl carbamates (subject to hydrolysis) is 1. The number of fused-ring (bicyclic) bond motifs is 1. The Labute approximate surface area is 206 Å². The fraction of sp³-hybridized carbons (Fsp3) is 0.393. The Hall–Kier alpha value is -3.61. The highest BCUT2D eigenvalue weighted by Crippen LogP contribution is 2.49. The van der Waals surface area contributed by atoms with Crippen LogP contribution in [0, 0.1) is 11.8 Å². The van der Waals surface area contributed by atoms with Gasteiger partial charge in [-0.3, -0.25) is 9.48 Å². The number of aryl methyl sites for hydroxylation is 1. The standard InChI is InChI=1S/C28H32N4O3/c1-4-31-16-23(15-29-31)22-12-13-25-24(14-22)26(18(2)27(21-10-11-21)32(25)19(3)33)30-28(34)35-17-20-8-6-5-7-9-20/h5-9,12-16,18,21,26-27H,4,10-11,17H2,1-3H3,(H,30,34)/t18-,26-,27-/m1/s1. The van der Waals surface area contributed by atoms with E-state index in [2.05, 4.69) is 30.3 Å². The minimum atomic E-state index is -0.452. The second-order valence-electron chi connectivity index (χ2n) is 9.62. The molecule has 2 aliphatic rings. The Morgan fingerprint density at radius 2 is 1.89 bits per heavy atom. The summed E-state index contributed by atoms with van der Waals surface area (Å²) in [6, 6.07) is 15.6. The Morgan fingerprint density at radius 1 is 1.11 bits per heavy atom. The molecule has 0 bridgehead atoms. The molecule has 2 aromatic carbocycles. The number of nitrogens with one attached hydrogen (secondary N) is 1. The van der Waals surface area contributed by atoms with Gasteiger partial charge in [-0.05, 0) is 54.5 Å². The number of hydrogen-bond donors (Lipinski definition) is 1. The quantitative estimate of drug-likeness (QED) is 0.527. The highest BCUT2D eigenvalue weighted by Gasteiger charge is 2.48. The number of rotatable bonds is 6. The summed E-state index contributed by atoms with van der Waals surface area (Å²) in [7, 11) is 0. The maximum absolute atomic E-state index is 12.9. The number of carbonyl (C=O) groups is 2. The molecule has 2 amide bonds. The lowest BCUT2D eigenvalue weighted by molar-refractivity contribution is -0.117. The fourth-order valence-corrected chi connectivity index (χ4v) is 5.32. The van der Waals surface area contributed by atoms with Crippen molar-refractivity contribution in [2.24, 2.45) is 11.8 Å². The van der Waals surface area contributed by atoms with Gasteiger partial charge in [-0.15, -0.1) is 0 Å². The lowest BCUT2D eigenvalue weighted by Gasteiger charge is -2.45. The molecular formula is C28H32N4O3. The van der Waals surface area contributed by atoms with Gasteiger partial charge >= 0.3 is 6.09 Å². The Kier molecular flexibility index (Phi) is 6.32. The number of benzene rings is 2. The first-order valence-electron chi connectivity index (χ1n) is 12.4. The molecule has 0 spiro atoms. The number of ether oxygens (including phenoxy) is 1. The van der Waals surface area contributed by atoms with Gasteiger partial charge in [0, 0.05) is 42.9 Å². The van der Waals surface area contributed by atoms with Crippen molar-refractivity contribution in [2.75, 3.05) is 4.90 Å². The highest BCUT2D eigenvalue weighted by atomic mass is 16.5. The van der Waals surface area contributed by atoms with E-state index in [0.717, 1.165) is 47.3 Å². The van der Waals surface area contributed by atoms with Crippen molar-refractivity contribution in [3.63, 3.8) is 0 Å². The molecule has 1 N–H and O–H groups in total. The molecule has 2 heterocycles. The van der Waals surface area contributed by atoms with Crippen molar-refractivity contribution in [1.82, 2.24) is 15.1 Å². The monoisotopic (exact) mass is 472 g/mol. The third kappa shape index (κ3) is 4.67. The SMILES string of the molecule is CCn1cc(-c2ccc3c(c2)[C@H](NC(=O)OCc2ccccc2)[C@@H](C)[C@H](C2CC2)N3C(C)=O)cn1. The summed E-state index contributed by atoms with van der Waals surface area (Å²) >= 11 is 0. The molecule has 0 unspecified atom stereocenters. The van der Waals surface area contributed by atoms with Crippen molar-refractivity contribution >= 4 is 17.7 Å². The number of anilines is 1. The minimum Gasteiger partial charge on any atom is -0.445 e. The van der Waals surface area contributed by atoms with Crippen LogP contribution in [0.4, 0.5) is 10.5 Å². The van der Waals surface area contributed by atoms with Crippen LogP contribution in [0.5, 0.6) is 0 Å². The average Bonchev–Trinajstić information content (AvgIpc) is 3.59. The predicted octanol–water partition coefficient (Wildman–Crippen LogP) is 5.32. The minimum absolute atomic E-state index is 0.0339. The normalized spacial score (nSPS) is 21.3. The van der Waals surface area contributed by atoms with Gasteiger partial charge < -0.3 is 15.0 Å². The van der Waals surface area contributed by atoms with E-state index in [1.165, 1.54) is 0 Å². The lowest BCUT2D eigenvalue weighted by atomic mass is 9.79. The van der Waals surface area contributed by atoms with Crippen LogP contribution < -0.4 is 10.2 Å². The van der Waals surface area contributed by atoms with Gasteiger partial charge in [0.2, 0.25) is 5.91 Å². The largest absolute Gasteiger partial charge is 0.445 e. The average molecular weight is 473 g/mol. The van der Waals surface area contributed by atoms with Crippen LogP contribution in [-0.2, 0) is 22.7 Å². The topological polar surface area (TPSA) is 76.5 Å². The van der Waals surface area contributed by atoms with Crippen molar-refractivity contribution in [3.8, 4) is 11.1 Å². The Morgan fingerprint density at radius 3 is 2.54 bits per heavy atom. The molecule has 0 saturated heterocycles. The molecule has 3 aromatic rings. The summed E-state index contributed by atoms with van der Waals surface area (Å²) in [5, 5.41) is 7.55. The van der Waals surface area contributed by atoms with E-state index in [4.69, 9.17) is 4.74 Å². The van der Waals surface area contributed by atoms with Crippen molar-refractivity contribution in [1.29, 1.82) is 0 Å². The molecule has 7 nitrogen and oxygen atoms in total. The van der Waals surface area contributed by atoms with Gasteiger partial charge in [0.1, 0.15) is 6.61 Å². The van der Waals surface area contributed by atoms with Crippen LogP contribution >= 0.6 is 0 Å². The van der Waals surface area contributed by atoms with E-state index in [1.54, 1.807) is 6.92 Å². The zero-order valence-corrected chi connectivity index (χ0v) is 20.5. The summed E-state index contributed by atoms with van der Waals surface area (Å²) in [5.74, 6) is 0.526. The first-order valence-corrected chi connectivity index (χ1v) is 12.4. The molecule has 7 heteroatoms. The predicted molar refractivity (Wildman–Crippen MR) is 135 cm³/mol. The summed E-state index contributed by atoms with van der Waals surface area (Å²) in [5.41, 5.74) is 4.75. The van der Waals surface area contributed by atoms with E-state index in [1.807, 2.05) is 64.4 Å². The molecule has 1 saturated carbocycles. The van der Waals surface area contributed by atoms with Gasteiger partial charge in [0.25, 0.3) is 0 Å².